The van der Waals surface area contributed by atoms with E-state index in [-0.39, 0.29) is 11.5 Å². The molecule has 0 aliphatic carbocycles. The third-order valence-electron chi connectivity index (χ3n) is 3.94. The molecule has 0 saturated heterocycles. The summed E-state index contributed by atoms with van der Waals surface area (Å²) in [6.45, 7) is 7.38. The predicted octanol–water partition coefficient (Wildman–Crippen LogP) is 2.99. The Labute approximate surface area is 120 Å². The van der Waals surface area contributed by atoms with Gasteiger partial charge in [-0.25, -0.2) is 0 Å². The Morgan fingerprint density at radius 3 is 2.40 bits per heavy atom. The molecule has 0 saturated carbocycles. The van der Waals surface area contributed by atoms with Crippen LogP contribution in [-0.2, 0) is 6.42 Å². The van der Waals surface area contributed by atoms with Crippen LogP contribution in [0.2, 0.25) is 0 Å². The van der Waals surface area contributed by atoms with Crippen LogP contribution in [0.15, 0.2) is 9.21 Å². The van der Waals surface area contributed by atoms with Crippen molar-refractivity contribution in [3.8, 4) is 5.95 Å². The summed E-state index contributed by atoms with van der Waals surface area (Å²) in [5.74, 6) is 1.32. The van der Waals surface area contributed by atoms with Crippen LogP contribution in [0.4, 0.5) is 0 Å². The molecule has 0 amide bonds. The third-order valence-corrected chi connectivity index (χ3v) is 3.94. The highest BCUT2D eigenvalue weighted by Crippen LogP contribution is 2.21. The second-order valence-electron chi connectivity index (χ2n) is 5.56. The molecule has 2 atom stereocenters. The van der Waals surface area contributed by atoms with Gasteiger partial charge in [-0.2, -0.15) is 0 Å². The Morgan fingerprint density at radius 2 is 1.85 bits per heavy atom. The van der Waals surface area contributed by atoms with Gasteiger partial charge in [0.05, 0.1) is 18.8 Å². The van der Waals surface area contributed by atoms with Crippen LogP contribution in [0, 0.1) is 19.8 Å². The second-order valence-corrected chi connectivity index (χ2v) is 5.56. The molecule has 4 nitrogen and oxygen atoms in total. The van der Waals surface area contributed by atoms with Crippen molar-refractivity contribution in [3.63, 3.8) is 0 Å². The number of methoxy groups -OCH3 is 1. The highest BCUT2D eigenvalue weighted by molar-refractivity contribution is 5.29. The molecule has 1 aromatic rings. The molecule has 0 aromatic carbocycles. The van der Waals surface area contributed by atoms with E-state index in [0.29, 0.717) is 28.8 Å². The summed E-state index contributed by atoms with van der Waals surface area (Å²) in [6, 6.07) is 0. The van der Waals surface area contributed by atoms with Crippen LogP contribution < -0.4 is 10.2 Å². The van der Waals surface area contributed by atoms with Gasteiger partial charge in [0.2, 0.25) is 0 Å². The summed E-state index contributed by atoms with van der Waals surface area (Å²) < 4.78 is 10.7. The van der Waals surface area contributed by atoms with Crippen molar-refractivity contribution >= 4 is 0 Å². The molecule has 1 heterocycles. The lowest BCUT2D eigenvalue weighted by atomic mass is 9.98. The van der Waals surface area contributed by atoms with Gasteiger partial charge in [-0.15, -0.1) is 0 Å². The number of aliphatic hydroxyl groups excluding tert-OH is 1. The number of hydrogen-bond acceptors (Lipinski definition) is 4. The minimum absolute atomic E-state index is 0.000415. The predicted molar refractivity (Wildman–Crippen MR) is 79.4 cm³/mol. The molecule has 0 aliphatic heterocycles. The van der Waals surface area contributed by atoms with Crippen LogP contribution in [0.1, 0.15) is 50.0 Å². The highest BCUT2D eigenvalue weighted by atomic mass is 16.6. The molecule has 0 aliphatic rings. The van der Waals surface area contributed by atoms with Gasteiger partial charge >= 0.3 is 0 Å². The van der Waals surface area contributed by atoms with E-state index in [1.807, 2.05) is 13.8 Å². The molecule has 20 heavy (non-hydrogen) atoms. The molecule has 4 heteroatoms. The Hall–Kier alpha value is -1.29. The topological polar surface area (TPSA) is 59.7 Å². The molecule has 0 spiro atoms. The Kier molecular flexibility index (Phi) is 6.27. The van der Waals surface area contributed by atoms with Crippen molar-refractivity contribution in [2.75, 3.05) is 7.11 Å². The van der Waals surface area contributed by atoms with Crippen LogP contribution in [0.5, 0.6) is 5.95 Å². The summed E-state index contributed by atoms with van der Waals surface area (Å²) in [5.41, 5.74) is 1.20. The first-order chi connectivity index (χ1) is 9.38. The van der Waals surface area contributed by atoms with E-state index >= 15 is 0 Å². The smallest absolute Gasteiger partial charge is 0.291 e. The normalized spacial score (nSPS) is 14.1. The minimum atomic E-state index is -0.269. The van der Waals surface area contributed by atoms with Gasteiger partial charge in [-0.05, 0) is 39.5 Å². The lowest BCUT2D eigenvalue weighted by Gasteiger charge is -2.14. The zero-order valence-electron chi connectivity index (χ0n) is 13.2. The summed E-state index contributed by atoms with van der Waals surface area (Å²) >= 11 is 0. The fraction of sp³-hybridized carbons (Fsp3) is 0.688. The standard InChI is InChI=1S/C16H26O4/c1-10(13(4)17)8-6-7-9-14-11(2)15(18)12(3)16(19-5)20-14/h10,13,17H,6-9H2,1-5H3/t10-,13-/m1/s1. The summed E-state index contributed by atoms with van der Waals surface area (Å²) in [5, 5.41) is 9.44. The quantitative estimate of drug-likeness (QED) is 0.781. The van der Waals surface area contributed by atoms with Gasteiger partial charge in [0, 0.05) is 12.0 Å². The van der Waals surface area contributed by atoms with E-state index < -0.39 is 0 Å². The maximum absolute atomic E-state index is 12.0. The molecular formula is C16H26O4. The molecule has 0 bridgehead atoms. The van der Waals surface area contributed by atoms with Crippen LogP contribution in [-0.4, -0.2) is 18.3 Å². The van der Waals surface area contributed by atoms with Crippen LogP contribution in [0.25, 0.3) is 0 Å². The molecule has 1 rings (SSSR count). The number of ether oxygens (including phenoxy) is 1. The fourth-order valence-corrected chi connectivity index (χ4v) is 2.19. The lowest BCUT2D eigenvalue weighted by molar-refractivity contribution is 0.128. The fourth-order valence-electron chi connectivity index (χ4n) is 2.19. The largest absolute Gasteiger partial charge is 0.468 e. The SMILES string of the molecule is COc1oc(CCCC[C@@H](C)[C@@H](C)O)c(C)c(=O)c1C. The van der Waals surface area contributed by atoms with Gasteiger partial charge in [0.25, 0.3) is 5.95 Å². The minimum Gasteiger partial charge on any atom is -0.468 e. The average Bonchev–Trinajstić information content (AvgIpc) is 2.42. The average molecular weight is 282 g/mol. The zero-order valence-corrected chi connectivity index (χ0v) is 13.2. The molecular weight excluding hydrogens is 256 g/mol. The van der Waals surface area contributed by atoms with Crippen LogP contribution in [0.3, 0.4) is 0 Å². The number of aliphatic hydroxyl groups is 1. The van der Waals surface area contributed by atoms with Crippen molar-refractivity contribution in [2.24, 2.45) is 5.92 Å². The monoisotopic (exact) mass is 282 g/mol. The van der Waals surface area contributed by atoms with Crippen molar-refractivity contribution in [3.05, 3.63) is 27.1 Å². The highest BCUT2D eigenvalue weighted by Gasteiger charge is 2.14. The maximum Gasteiger partial charge on any atom is 0.291 e. The Bertz CT molecular complexity index is 488. The third kappa shape index (κ3) is 4.10. The van der Waals surface area contributed by atoms with Crippen molar-refractivity contribution in [1.29, 1.82) is 0 Å². The molecule has 0 fully saturated rings. The number of rotatable bonds is 7. The molecule has 0 unspecified atom stereocenters. The zero-order chi connectivity index (χ0) is 15.3. The molecule has 0 radical (unpaired) electrons. The van der Waals surface area contributed by atoms with Gasteiger partial charge in [0.1, 0.15) is 5.76 Å². The van der Waals surface area contributed by atoms with Gasteiger partial charge in [0.15, 0.2) is 5.43 Å². The van der Waals surface area contributed by atoms with Crippen molar-refractivity contribution < 1.29 is 14.3 Å². The van der Waals surface area contributed by atoms with E-state index in [1.54, 1.807) is 13.8 Å². The van der Waals surface area contributed by atoms with E-state index in [9.17, 15) is 9.90 Å². The lowest BCUT2D eigenvalue weighted by Crippen LogP contribution is -2.14. The first kappa shape index (κ1) is 16.8. The van der Waals surface area contributed by atoms with Crippen LogP contribution >= 0.6 is 0 Å². The summed E-state index contributed by atoms with van der Waals surface area (Å²) in [6.07, 6.45) is 3.38. The first-order valence-corrected chi connectivity index (χ1v) is 7.23. The van der Waals surface area contributed by atoms with E-state index in [2.05, 4.69) is 0 Å². The summed E-state index contributed by atoms with van der Waals surface area (Å²) in [4.78, 5) is 12.0. The van der Waals surface area contributed by atoms with Crippen molar-refractivity contribution in [2.45, 2.75) is 59.5 Å². The maximum atomic E-state index is 12.0. The Balaban J connectivity index is 2.65. The van der Waals surface area contributed by atoms with E-state index in [1.165, 1.54) is 7.11 Å². The number of unbranched alkanes of at least 4 members (excludes halogenated alkanes) is 1. The molecule has 114 valence electrons. The summed E-state index contributed by atoms with van der Waals surface area (Å²) in [7, 11) is 1.51. The number of aryl methyl sites for hydroxylation is 1. The van der Waals surface area contributed by atoms with Gasteiger partial charge < -0.3 is 14.3 Å². The molecule has 1 N–H and O–H groups in total. The van der Waals surface area contributed by atoms with E-state index in [4.69, 9.17) is 9.15 Å². The van der Waals surface area contributed by atoms with Gasteiger partial charge in [-0.3, -0.25) is 4.79 Å². The Morgan fingerprint density at radius 1 is 1.20 bits per heavy atom. The van der Waals surface area contributed by atoms with E-state index in [0.717, 1.165) is 25.7 Å². The molecule has 1 aromatic heterocycles. The first-order valence-electron chi connectivity index (χ1n) is 7.23. The second kappa shape index (κ2) is 7.48. The number of hydrogen-bond donors (Lipinski definition) is 1. The van der Waals surface area contributed by atoms with Crippen molar-refractivity contribution in [1.82, 2.24) is 0 Å². The van der Waals surface area contributed by atoms with Gasteiger partial charge in [-0.1, -0.05) is 13.3 Å².